The number of benzene rings is 1. The second kappa shape index (κ2) is 7.30. The van der Waals surface area contributed by atoms with Crippen LogP contribution < -0.4 is 15.0 Å². The van der Waals surface area contributed by atoms with Crippen LogP contribution in [0.4, 0.5) is 10.5 Å². The van der Waals surface area contributed by atoms with Crippen molar-refractivity contribution >= 4 is 17.7 Å². The SMILES string of the molecule is COc1ccc(N2CC(CNC(=O)C3CCc4nc[nH]c4C3)OC2=O)cc1. The van der Waals surface area contributed by atoms with Gasteiger partial charge in [-0.3, -0.25) is 9.69 Å². The van der Waals surface area contributed by atoms with E-state index >= 15 is 0 Å². The van der Waals surface area contributed by atoms with Crippen molar-refractivity contribution in [3.05, 3.63) is 42.0 Å². The smallest absolute Gasteiger partial charge is 0.414 e. The van der Waals surface area contributed by atoms with E-state index in [9.17, 15) is 9.59 Å². The van der Waals surface area contributed by atoms with E-state index < -0.39 is 6.09 Å². The van der Waals surface area contributed by atoms with Gasteiger partial charge in [-0.25, -0.2) is 9.78 Å². The number of carbonyl (C=O) groups excluding carboxylic acids is 2. The number of nitrogens with one attached hydrogen (secondary N) is 2. The van der Waals surface area contributed by atoms with Crippen LogP contribution in [0.5, 0.6) is 5.75 Å². The number of carbonyl (C=O) groups is 2. The molecule has 2 atom stereocenters. The van der Waals surface area contributed by atoms with Crippen LogP contribution in [0.25, 0.3) is 0 Å². The highest BCUT2D eigenvalue weighted by molar-refractivity contribution is 5.90. The van der Waals surface area contributed by atoms with Gasteiger partial charge in [0.1, 0.15) is 11.9 Å². The van der Waals surface area contributed by atoms with Gasteiger partial charge >= 0.3 is 6.09 Å². The van der Waals surface area contributed by atoms with Crippen molar-refractivity contribution in [1.29, 1.82) is 0 Å². The lowest BCUT2D eigenvalue weighted by Gasteiger charge is -2.21. The van der Waals surface area contributed by atoms with Crippen LogP contribution in [-0.4, -0.2) is 48.3 Å². The minimum absolute atomic E-state index is 0.00537. The molecule has 1 aromatic carbocycles. The highest BCUT2D eigenvalue weighted by Gasteiger charge is 2.33. The number of cyclic esters (lactones) is 1. The van der Waals surface area contributed by atoms with E-state index in [0.29, 0.717) is 19.5 Å². The topological polar surface area (TPSA) is 96.6 Å². The molecule has 1 aliphatic heterocycles. The Labute approximate surface area is 156 Å². The van der Waals surface area contributed by atoms with Gasteiger partial charge in [-0.05, 0) is 37.1 Å². The summed E-state index contributed by atoms with van der Waals surface area (Å²) in [5.41, 5.74) is 2.84. The van der Waals surface area contributed by atoms with E-state index in [1.165, 1.54) is 0 Å². The molecule has 2 aliphatic rings. The number of H-pyrrole nitrogens is 1. The zero-order valence-corrected chi connectivity index (χ0v) is 15.1. The first kappa shape index (κ1) is 17.4. The van der Waals surface area contributed by atoms with Gasteiger partial charge in [0.25, 0.3) is 0 Å². The molecule has 0 saturated carbocycles. The lowest BCUT2D eigenvalue weighted by molar-refractivity contribution is -0.125. The summed E-state index contributed by atoms with van der Waals surface area (Å²) in [6, 6.07) is 7.21. The summed E-state index contributed by atoms with van der Waals surface area (Å²) in [5, 5.41) is 2.93. The zero-order chi connectivity index (χ0) is 18.8. The zero-order valence-electron chi connectivity index (χ0n) is 15.1. The van der Waals surface area contributed by atoms with Gasteiger partial charge in [-0.2, -0.15) is 0 Å². The van der Waals surface area contributed by atoms with E-state index in [4.69, 9.17) is 9.47 Å². The summed E-state index contributed by atoms with van der Waals surface area (Å²) < 4.78 is 10.5. The Balaban J connectivity index is 1.30. The van der Waals surface area contributed by atoms with Crippen molar-refractivity contribution in [2.45, 2.75) is 25.4 Å². The number of ether oxygens (including phenoxy) is 2. The van der Waals surface area contributed by atoms with Crippen LogP contribution in [0, 0.1) is 5.92 Å². The fraction of sp³-hybridized carbons (Fsp3) is 0.421. The summed E-state index contributed by atoms with van der Waals surface area (Å²) in [6.45, 7) is 0.713. The number of aromatic nitrogens is 2. The molecule has 2 heterocycles. The molecule has 0 radical (unpaired) electrons. The lowest BCUT2D eigenvalue weighted by Crippen LogP contribution is -2.39. The van der Waals surface area contributed by atoms with Gasteiger partial charge in [0.15, 0.2) is 0 Å². The molecule has 0 spiro atoms. The number of nitrogens with zero attached hydrogens (tertiary/aromatic N) is 2. The standard InChI is InChI=1S/C19H22N4O4/c1-26-14-5-3-13(4-6-14)23-10-15(27-19(23)25)9-20-18(24)12-2-7-16-17(8-12)22-11-21-16/h3-6,11-12,15H,2,7-10H2,1H3,(H,20,24)(H,21,22). The number of fused-ring (bicyclic) bond motifs is 1. The van der Waals surface area contributed by atoms with Gasteiger partial charge in [0, 0.05) is 23.7 Å². The van der Waals surface area contributed by atoms with Crippen molar-refractivity contribution in [2.75, 3.05) is 25.1 Å². The molecule has 27 heavy (non-hydrogen) atoms. The first-order chi connectivity index (χ1) is 13.1. The number of aryl methyl sites for hydroxylation is 1. The number of anilines is 1. The maximum Gasteiger partial charge on any atom is 0.414 e. The highest BCUT2D eigenvalue weighted by Crippen LogP contribution is 2.25. The van der Waals surface area contributed by atoms with Crippen LogP contribution in [0.3, 0.4) is 0 Å². The number of rotatable bonds is 5. The molecule has 0 bridgehead atoms. The molecule has 1 fully saturated rings. The van der Waals surface area contributed by atoms with Crippen molar-refractivity contribution in [1.82, 2.24) is 15.3 Å². The number of imidazole rings is 1. The quantitative estimate of drug-likeness (QED) is 0.834. The molecular formula is C19H22N4O4. The summed E-state index contributed by atoms with van der Waals surface area (Å²) in [5.74, 6) is 0.643. The van der Waals surface area contributed by atoms with Crippen LogP contribution in [0.15, 0.2) is 30.6 Å². The van der Waals surface area contributed by atoms with E-state index in [2.05, 4.69) is 15.3 Å². The Bertz CT molecular complexity index is 832. The van der Waals surface area contributed by atoms with E-state index in [1.54, 1.807) is 30.5 Å². The molecule has 4 rings (SSSR count). The molecule has 2 aromatic rings. The monoisotopic (exact) mass is 370 g/mol. The summed E-state index contributed by atoms with van der Waals surface area (Å²) in [7, 11) is 1.59. The third kappa shape index (κ3) is 3.60. The Hall–Kier alpha value is -3.03. The predicted octanol–water partition coefficient (Wildman–Crippen LogP) is 1.66. The normalized spacial score (nSPS) is 21.5. The molecule has 8 heteroatoms. The van der Waals surface area contributed by atoms with Crippen molar-refractivity contribution in [2.24, 2.45) is 5.92 Å². The minimum atomic E-state index is -0.404. The number of aromatic amines is 1. The largest absolute Gasteiger partial charge is 0.497 e. The van der Waals surface area contributed by atoms with Crippen LogP contribution >= 0.6 is 0 Å². The maximum atomic E-state index is 12.5. The molecule has 2 N–H and O–H groups in total. The molecule has 1 aromatic heterocycles. The highest BCUT2D eigenvalue weighted by atomic mass is 16.6. The van der Waals surface area contributed by atoms with Crippen molar-refractivity contribution < 1.29 is 19.1 Å². The number of hydrogen-bond donors (Lipinski definition) is 2. The van der Waals surface area contributed by atoms with Crippen LogP contribution in [0.2, 0.25) is 0 Å². The fourth-order valence-electron chi connectivity index (χ4n) is 3.58. The molecular weight excluding hydrogens is 348 g/mol. The second-order valence-electron chi connectivity index (χ2n) is 6.83. The lowest BCUT2D eigenvalue weighted by atomic mass is 9.89. The van der Waals surface area contributed by atoms with E-state index in [-0.39, 0.29) is 17.9 Å². The summed E-state index contributed by atoms with van der Waals surface area (Å²) in [4.78, 5) is 33.5. The maximum absolute atomic E-state index is 12.5. The van der Waals surface area contributed by atoms with Gasteiger partial charge in [-0.1, -0.05) is 0 Å². The van der Waals surface area contributed by atoms with Gasteiger partial charge in [0.2, 0.25) is 5.91 Å². The average molecular weight is 370 g/mol. The Kier molecular flexibility index (Phi) is 4.70. The van der Waals surface area contributed by atoms with Crippen LogP contribution in [0.1, 0.15) is 17.8 Å². The Morgan fingerprint density at radius 3 is 3.00 bits per heavy atom. The number of methoxy groups -OCH3 is 1. The summed E-state index contributed by atoms with van der Waals surface area (Å²) >= 11 is 0. The van der Waals surface area contributed by atoms with Gasteiger partial charge in [0.05, 0.1) is 32.2 Å². The Morgan fingerprint density at radius 2 is 2.22 bits per heavy atom. The molecule has 1 aliphatic carbocycles. The molecule has 2 unspecified atom stereocenters. The fourth-order valence-corrected chi connectivity index (χ4v) is 3.58. The average Bonchev–Trinajstić information content (AvgIpc) is 3.31. The third-order valence-electron chi connectivity index (χ3n) is 5.12. The van der Waals surface area contributed by atoms with Gasteiger partial charge < -0.3 is 19.8 Å². The first-order valence-electron chi connectivity index (χ1n) is 9.05. The van der Waals surface area contributed by atoms with Crippen molar-refractivity contribution in [3.63, 3.8) is 0 Å². The molecule has 142 valence electrons. The molecule has 2 amide bonds. The first-order valence-corrected chi connectivity index (χ1v) is 9.05. The predicted molar refractivity (Wildman–Crippen MR) is 97.7 cm³/mol. The second-order valence-corrected chi connectivity index (χ2v) is 6.83. The van der Waals surface area contributed by atoms with Crippen LogP contribution in [-0.2, 0) is 22.4 Å². The third-order valence-corrected chi connectivity index (χ3v) is 5.12. The molecule has 1 saturated heterocycles. The molecule has 8 nitrogen and oxygen atoms in total. The van der Waals surface area contributed by atoms with Gasteiger partial charge in [-0.15, -0.1) is 0 Å². The number of amides is 2. The Morgan fingerprint density at radius 1 is 1.41 bits per heavy atom. The minimum Gasteiger partial charge on any atom is -0.497 e. The van der Waals surface area contributed by atoms with E-state index in [0.717, 1.165) is 35.7 Å². The van der Waals surface area contributed by atoms with Crippen molar-refractivity contribution in [3.8, 4) is 5.75 Å². The van der Waals surface area contributed by atoms with E-state index in [1.807, 2.05) is 12.1 Å². The number of hydrogen-bond acceptors (Lipinski definition) is 5. The summed E-state index contributed by atoms with van der Waals surface area (Å²) in [6.07, 6.45) is 3.17.